The molecule has 1 N–H and O–H groups in total. The molecule has 0 aliphatic rings. The quantitative estimate of drug-likeness (QED) is 0.692. The molecule has 0 bridgehead atoms. The lowest BCUT2D eigenvalue weighted by atomic mass is 10.1. The summed E-state index contributed by atoms with van der Waals surface area (Å²) in [6, 6.07) is 4.82. The molecule has 0 fully saturated rings. The molecule has 0 radical (unpaired) electrons. The zero-order valence-electron chi connectivity index (χ0n) is 15.9. The Morgan fingerprint density at radius 3 is 2.32 bits per heavy atom. The van der Waals surface area contributed by atoms with Crippen molar-refractivity contribution in [2.75, 3.05) is 20.3 Å². The van der Waals surface area contributed by atoms with Crippen molar-refractivity contribution in [1.82, 2.24) is 5.32 Å². The first kappa shape index (κ1) is 20.8. The van der Waals surface area contributed by atoms with E-state index in [2.05, 4.69) is 5.32 Å². The van der Waals surface area contributed by atoms with E-state index < -0.39 is 5.97 Å². The summed E-state index contributed by atoms with van der Waals surface area (Å²) in [5.41, 5.74) is 0.304. The van der Waals surface area contributed by atoms with Crippen LogP contribution in [0, 0.1) is 11.8 Å². The summed E-state index contributed by atoms with van der Waals surface area (Å²) < 4.78 is 16.0. The van der Waals surface area contributed by atoms with E-state index in [0.29, 0.717) is 35.5 Å². The highest BCUT2D eigenvalue weighted by molar-refractivity contribution is 5.92. The fourth-order valence-corrected chi connectivity index (χ4v) is 1.85. The number of benzene rings is 1. The normalized spacial score (nSPS) is 12.0. The highest BCUT2D eigenvalue weighted by atomic mass is 16.5. The van der Waals surface area contributed by atoms with Crippen molar-refractivity contribution in [2.24, 2.45) is 11.8 Å². The number of methoxy groups -OCH3 is 1. The fourth-order valence-electron chi connectivity index (χ4n) is 1.85. The van der Waals surface area contributed by atoms with E-state index in [4.69, 9.17) is 14.2 Å². The minimum absolute atomic E-state index is 0.0173. The van der Waals surface area contributed by atoms with Crippen LogP contribution in [0.1, 0.15) is 45.0 Å². The highest BCUT2D eigenvalue weighted by Gasteiger charge is 2.16. The van der Waals surface area contributed by atoms with Gasteiger partial charge in [0.15, 0.2) is 18.1 Å². The minimum atomic E-state index is -0.582. The number of esters is 1. The van der Waals surface area contributed by atoms with E-state index >= 15 is 0 Å². The summed E-state index contributed by atoms with van der Waals surface area (Å²) in [6.07, 6.45) is 0. The van der Waals surface area contributed by atoms with Gasteiger partial charge in [-0.1, -0.05) is 27.7 Å². The Labute approximate surface area is 149 Å². The molecule has 0 aliphatic carbocycles. The lowest BCUT2D eigenvalue weighted by molar-refractivity contribution is -0.125. The van der Waals surface area contributed by atoms with E-state index in [9.17, 15) is 9.59 Å². The third kappa shape index (κ3) is 7.03. The first-order valence-corrected chi connectivity index (χ1v) is 8.51. The smallest absolute Gasteiger partial charge is 0.338 e. The Balaban J connectivity index is 2.65. The number of carbonyl (C=O) groups is 2. The van der Waals surface area contributed by atoms with E-state index in [1.807, 2.05) is 34.6 Å². The SMILES string of the molecule is COc1cc(C(=O)OCC(=O)N[C@@H](C)C(C)C)ccc1OCC(C)C. The number of rotatable bonds is 9. The number of amides is 1. The van der Waals surface area contributed by atoms with Crippen molar-refractivity contribution in [3.05, 3.63) is 23.8 Å². The van der Waals surface area contributed by atoms with E-state index in [-0.39, 0.29) is 18.6 Å². The molecule has 6 heteroatoms. The van der Waals surface area contributed by atoms with Crippen LogP contribution >= 0.6 is 0 Å². The minimum Gasteiger partial charge on any atom is -0.493 e. The van der Waals surface area contributed by atoms with Gasteiger partial charge in [-0.05, 0) is 37.0 Å². The van der Waals surface area contributed by atoms with Crippen LogP contribution in [0.3, 0.4) is 0 Å². The zero-order valence-corrected chi connectivity index (χ0v) is 15.9. The van der Waals surface area contributed by atoms with Gasteiger partial charge in [-0.3, -0.25) is 4.79 Å². The maximum atomic E-state index is 12.1. The molecule has 1 atom stereocenters. The van der Waals surface area contributed by atoms with Crippen molar-refractivity contribution < 1.29 is 23.8 Å². The topological polar surface area (TPSA) is 73.9 Å². The second-order valence-corrected chi connectivity index (χ2v) is 6.75. The van der Waals surface area contributed by atoms with Crippen LogP contribution in [0.15, 0.2) is 18.2 Å². The third-order valence-electron chi connectivity index (χ3n) is 3.69. The van der Waals surface area contributed by atoms with Crippen LogP contribution in [0.2, 0.25) is 0 Å². The molecule has 0 spiro atoms. The maximum absolute atomic E-state index is 12.1. The van der Waals surface area contributed by atoms with Gasteiger partial charge in [0.25, 0.3) is 5.91 Å². The Hall–Kier alpha value is -2.24. The van der Waals surface area contributed by atoms with Gasteiger partial charge in [0.1, 0.15) is 0 Å². The molecule has 6 nitrogen and oxygen atoms in total. The molecule has 0 saturated carbocycles. The van der Waals surface area contributed by atoms with Crippen LogP contribution in [-0.4, -0.2) is 38.2 Å². The second-order valence-electron chi connectivity index (χ2n) is 6.75. The largest absolute Gasteiger partial charge is 0.493 e. The molecule has 0 heterocycles. The molecule has 1 rings (SSSR count). The average Bonchev–Trinajstić information content (AvgIpc) is 2.57. The van der Waals surface area contributed by atoms with Crippen molar-refractivity contribution >= 4 is 11.9 Å². The van der Waals surface area contributed by atoms with Gasteiger partial charge in [-0.15, -0.1) is 0 Å². The standard InChI is InChI=1S/C19H29NO5/c1-12(2)10-24-16-8-7-15(9-17(16)23-6)19(22)25-11-18(21)20-14(5)13(3)4/h7-9,12-14H,10-11H2,1-6H3,(H,20,21)/t14-/m0/s1. The third-order valence-corrected chi connectivity index (χ3v) is 3.69. The van der Waals surface area contributed by atoms with Crippen molar-refractivity contribution in [3.8, 4) is 11.5 Å². The lowest BCUT2D eigenvalue weighted by Gasteiger charge is -2.17. The van der Waals surface area contributed by atoms with Crippen LogP contribution in [-0.2, 0) is 9.53 Å². The second kappa shape index (κ2) is 9.91. The lowest BCUT2D eigenvalue weighted by Crippen LogP contribution is -2.38. The van der Waals surface area contributed by atoms with Crippen molar-refractivity contribution in [1.29, 1.82) is 0 Å². The van der Waals surface area contributed by atoms with Crippen LogP contribution in [0.5, 0.6) is 11.5 Å². The van der Waals surface area contributed by atoms with Crippen molar-refractivity contribution in [2.45, 2.75) is 40.7 Å². The van der Waals surface area contributed by atoms with Crippen molar-refractivity contribution in [3.63, 3.8) is 0 Å². The first-order chi connectivity index (χ1) is 11.7. The molecular weight excluding hydrogens is 322 g/mol. The number of ether oxygens (including phenoxy) is 3. The van der Waals surface area contributed by atoms with Gasteiger partial charge < -0.3 is 19.5 Å². The Bertz CT molecular complexity index is 583. The average molecular weight is 351 g/mol. The summed E-state index contributed by atoms with van der Waals surface area (Å²) in [5, 5.41) is 2.78. The number of hydrogen-bond donors (Lipinski definition) is 1. The summed E-state index contributed by atoms with van der Waals surface area (Å²) in [7, 11) is 1.51. The molecule has 1 aromatic rings. The Kier molecular flexibility index (Phi) is 8.25. The molecule has 1 aromatic carbocycles. The fraction of sp³-hybridized carbons (Fsp3) is 0.579. The van der Waals surface area contributed by atoms with E-state index in [1.54, 1.807) is 18.2 Å². The zero-order chi connectivity index (χ0) is 19.0. The first-order valence-electron chi connectivity index (χ1n) is 8.51. The van der Waals surface area contributed by atoms with Gasteiger partial charge >= 0.3 is 5.97 Å². The predicted molar refractivity (Wildman–Crippen MR) is 96.1 cm³/mol. The van der Waals surface area contributed by atoms with Gasteiger partial charge in [0, 0.05) is 6.04 Å². The molecular formula is C19H29NO5. The van der Waals surface area contributed by atoms with E-state index in [0.717, 1.165) is 0 Å². The summed E-state index contributed by atoms with van der Waals surface area (Å²) in [5.74, 6) is 0.798. The Morgan fingerprint density at radius 2 is 1.76 bits per heavy atom. The van der Waals surface area contributed by atoms with Crippen LogP contribution in [0.4, 0.5) is 0 Å². The molecule has 25 heavy (non-hydrogen) atoms. The molecule has 0 aliphatic heterocycles. The van der Waals surface area contributed by atoms with Gasteiger partial charge in [0.2, 0.25) is 0 Å². The van der Waals surface area contributed by atoms with Crippen LogP contribution in [0.25, 0.3) is 0 Å². The Morgan fingerprint density at radius 1 is 1.08 bits per heavy atom. The molecule has 1 amide bonds. The summed E-state index contributed by atoms with van der Waals surface area (Å²) >= 11 is 0. The summed E-state index contributed by atoms with van der Waals surface area (Å²) in [4.78, 5) is 23.9. The molecule has 0 unspecified atom stereocenters. The van der Waals surface area contributed by atoms with Gasteiger partial charge in [-0.25, -0.2) is 4.79 Å². The van der Waals surface area contributed by atoms with Gasteiger partial charge in [-0.2, -0.15) is 0 Å². The highest BCUT2D eigenvalue weighted by Crippen LogP contribution is 2.28. The predicted octanol–water partition coefficient (Wildman–Crippen LogP) is 3.05. The number of nitrogens with one attached hydrogen (secondary N) is 1. The number of carbonyl (C=O) groups excluding carboxylic acids is 2. The van der Waals surface area contributed by atoms with Crippen LogP contribution < -0.4 is 14.8 Å². The number of hydrogen-bond acceptors (Lipinski definition) is 5. The van der Waals surface area contributed by atoms with Gasteiger partial charge in [0.05, 0.1) is 19.3 Å². The molecule has 140 valence electrons. The summed E-state index contributed by atoms with van der Waals surface area (Å²) in [6.45, 7) is 10.2. The van der Waals surface area contributed by atoms with E-state index in [1.165, 1.54) is 7.11 Å². The molecule has 0 saturated heterocycles. The monoisotopic (exact) mass is 351 g/mol. The molecule has 0 aromatic heterocycles. The maximum Gasteiger partial charge on any atom is 0.338 e.